The van der Waals surface area contributed by atoms with E-state index in [9.17, 15) is 19.1 Å². The van der Waals surface area contributed by atoms with E-state index in [1.165, 1.54) is 29.2 Å². The summed E-state index contributed by atoms with van der Waals surface area (Å²) in [5.41, 5.74) is 2.35. The van der Waals surface area contributed by atoms with Crippen molar-refractivity contribution in [3.05, 3.63) is 101 Å². The van der Waals surface area contributed by atoms with E-state index in [1.54, 1.807) is 49.6 Å². The Bertz CT molecular complexity index is 1260. The van der Waals surface area contributed by atoms with Gasteiger partial charge in [0.25, 0.3) is 11.7 Å². The first-order valence-corrected chi connectivity index (χ1v) is 11.6. The van der Waals surface area contributed by atoms with Crippen LogP contribution in [0.5, 0.6) is 5.75 Å². The second kappa shape index (κ2) is 10.5. The summed E-state index contributed by atoms with van der Waals surface area (Å²) in [6.07, 6.45) is 5.18. The van der Waals surface area contributed by atoms with Crippen LogP contribution in [0.25, 0.3) is 5.76 Å². The number of ketones is 1. The van der Waals surface area contributed by atoms with Crippen molar-refractivity contribution in [1.82, 2.24) is 9.88 Å². The summed E-state index contributed by atoms with van der Waals surface area (Å²) in [6.45, 7) is 4.59. The van der Waals surface area contributed by atoms with Crippen LogP contribution in [-0.4, -0.2) is 33.3 Å². The number of aliphatic hydroxyl groups excluding tert-OH is 1. The van der Waals surface area contributed by atoms with Gasteiger partial charge in [-0.25, -0.2) is 4.39 Å². The summed E-state index contributed by atoms with van der Waals surface area (Å²) in [4.78, 5) is 31.8. The second-order valence-corrected chi connectivity index (χ2v) is 8.52. The minimum atomic E-state index is -0.879. The molecule has 1 saturated heterocycles. The van der Waals surface area contributed by atoms with Crippen LogP contribution in [0.3, 0.4) is 0 Å². The molecule has 1 aliphatic heterocycles. The van der Waals surface area contributed by atoms with Gasteiger partial charge in [0.1, 0.15) is 17.3 Å². The maximum Gasteiger partial charge on any atom is 0.295 e. The van der Waals surface area contributed by atoms with Crippen molar-refractivity contribution >= 4 is 17.4 Å². The first-order chi connectivity index (χ1) is 16.9. The lowest BCUT2D eigenvalue weighted by Gasteiger charge is -2.25. The van der Waals surface area contributed by atoms with Crippen molar-refractivity contribution in [3.8, 4) is 5.75 Å². The molecule has 1 amide bonds. The lowest BCUT2D eigenvalue weighted by molar-refractivity contribution is -0.140. The quantitative estimate of drug-likeness (QED) is 0.207. The molecule has 3 aromatic rings. The van der Waals surface area contributed by atoms with Crippen LogP contribution in [0.2, 0.25) is 0 Å². The van der Waals surface area contributed by atoms with Crippen LogP contribution in [0.15, 0.2) is 72.6 Å². The average molecular weight is 475 g/mol. The van der Waals surface area contributed by atoms with Crippen LogP contribution in [-0.2, 0) is 16.1 Å². The molecule has 0 unspecified atom stereocenters. The third-order valence-corrected chi connectivity index (χ3v) is 6.02. The monoisotopic (exact) mass is 474 g/mol. The average Bonchev–Trinajstić information content (AvgIpc) is 3.10. The Kier molecular flexibility index (Phi) is 7.25. The van der Waals surface area contributed by atoms with Crippen molar-refractivity contribution in [3.63, 3.8) is 0 Å². The van der Waals surface area contributed by atoms with Crippen molar-refractivity contribution in [2.45, 2.75) is 39.3 Å². The van der Waals surface area contributed by atoms with E-state index < -0.39 is 23.5 Å². The van der Waals surface area contributed by atoms with Gasteiger partial charge in [0.2, 0.25) is 0 Å². The largest absolute Gasteiger partial charge is 0.507 e. The van der Waals surface area contributed by atoms with Gasteiger partial charge in [0.15, 0.2) is 0 Å². The van der Waals surface area contributed by atoms with Gasteiger partial charge in [0, 0.05) is 24.5 Å². The number of benzene rings is 2. The van der Waals surface area contributed by atoms with E-state index in [0.717, 1.165) is 18.4 Å². The molecule has 0 radical (unpaired) electrons. The zero-order valence-corrected chi connectivity index (χ0v) is 19.7. The van der Waals surface area contributed by atoms with E-state index in [1.807, 2.05) is 0 Å². The zero-order valence-electron chi connectivity index (χ0n) is 19.7. The number of aryl methyl sites for hydroxylation is 1. The number of likely N-dealkylation sites (tertiary alicyclic amines) is 1. The molecule has 180 valence electrons. The number of pyridine rings is 1. The highest BCUT2D eigenvalue weighted by molar-refractivity contribution is 6.46. The number of halogens is 1. The number of ether oxygens (including phenoxy) is 1. The van der Waals surface area contributed by atoms with Gasteiger partial charge in [-0.05, 0) is 66.4 Å². The van der Waals surface area contributed by atoms with E-state index in [-0.39, 0.29) is 17.9 Å². The predicted molar refractivity (Wildman–Crippen MR) is 130 cm³/mol. The molecule has 1 aliphatic rings. The molecule has 0 aliphatic carbocycles. The molecule has 1 atom stereocenters. The summed E-state index contributed by atoms with van der Waals surface area (Å²) in [7, 11) is 0. The summed E-state index contributed by atoms with van der Waals surface area (Å²) in [5.74, 6) is -1.57. The van der Waals surface area contributed by atoms with Crippen molar-refractivity contribution in [2.75, 3.05) is 6.61 Å². The Morgan fingerprint density at radius 1 is 1.14 bits per heavy atom. The molecule has 1 aromatic heterocycles. The third kappa shape index (κ3) is 5.09. The fourth-order valence-electron chi connectivity index (χ4n) is 4.19. The minimum absolute atomic E-state index is 0.0340. The first-order valence-electron chi connectivity index (χ1n) is 11.6. The molecule has 1 N–H and O–H groups in total. The SMILES string of the molecule is CCCCOc1ccc(/C(O)=C2\C(=O)C(=O)N(Cc3cccnc3)[C@@H]2c2ccc(F)cc2)c(C)c1. The Labute approximate surface area is 203 Å². The zero-order chi connectivity index (χ0) is 24.9. The molecule has 35 heavy (non-hydrogen) atoms. The molecule has 0 bridgehead atoms. The number of rotatable bonds is 8. The predicted octanol–water partition coefficient (Wildman–Crippen LogP) is 5.33. The molecule has 2 aromatic carbocycles. The highest BCUT2D eigenvalue weighted by atomic mass is 19.1. The Balaban J connectivity index is 1.78. The third-order valence-electron chi connectivity index (χ3n) is 6.02. The van der Waals surface area contributed by atoms with E-state index in [2.05, 4.69) is 11.9 Å². The van der Waals surface area contributed by atoms with Crippen LogP contribution in [0.1, 0.15) is 48.1 Å². The van der Waals surface area contributed by atoms with E-state index >= 15 is 0 Å². The number of hydrogen-bond acceptors (Lipinski definition) is 5. The molecule has 0 saturated carbocycles. The van der Waals surface area contributed by atoms with Gasteiger partial charge in [-0.1, -0.05) is 31.5 Å². The van der Waals surface area contributed by atoms with Crippen molar-refractivity contribution < 1.29 is 23.8 Å². The Hall–Kier alpha value is -4.00. The van der Waals surface area contributed by atoms with Gasteiger partial charge in [-0.3, -0.25) is 14.6 Å². The van der Waals surface area contributed by atoms with Crippen LogP contribution in [0, 0.1) is 12.7 Å². The van der Waals surface area contributed by atoms with Crippen molar-refractivity contribution in [2.24, 2.45) is 0 Å². The van der Waals surface area contributed by atoms with Gasteiger partial charge in [-0.2, -0.15) is 0 Å². The van der Waals surface area contributed by atoms with Gasteiger partial charge < -0.3 is 14.7 Å². The fraction of sp³-hybridized carbons (Fsp3) is 0.250. The van der Waals surface area contributed by atoms with Gasteiger partial charge in [-0.15, -0.1) is 0 Å². The van der Waals surface area contributed by atoms with Crippen LogP contribution in [0.4, 0.5) is 4.39 Å². The number of hydrogen-bond donors (Lipinski definition) is 1. The number of amides is 1. The Morgan fingerprint density at radius 3 is 2.57 bits per heavy atom. The Morgan fingerprint density at radius 2 is 1.91 bits per heavy atom. The lowest BCUT2D eigenvalue weighted by atomic mass is 9.93. The second-order valence-electron chi connectivity index (χ2n) is 8.52. The summed E-state index contributed by atoms with van der Waals surface area (Å²) in [5, 5.41) is 11.3. The number of carbonyl (C=O) groups is 2. The lowest BCUT2D eigenvalue weighted by Crippen LogP contribution is -2.29. The fourth-order valence-corrected chi connectivity index (χ4v) is 4.19. The summed E-state index contributed by atoms with van der Waals surface area (Å²) >= 11 is 0. The highest BCUT2D eigenvalue weighted by Crippen LogP contribution is 2.41. The first kappa shape index (κ1) is 24.1. The molecule has 6 nitrogen and oxygen atoms in total. The molecule has 4 rings (SSSR count). The number of carbonyl (C=O) groups excluding carboxylic acids is 2. The summed E-state index contributed by atoms with van der Waals surface area (Å²) in [6, 6.07) is 13.5. The molecule has 7 heteroatoms. The standard InChI is InChI=1S/C28H27FN2O4/c1-3-4-14-35-22-11-12-23(18(2)15-22)26(32)24-25(20-7-9-21(29)10-8-20)31(28(34)27(24)33)17-19-6-5-13-30-16-19/h5-13,15-16,25,32H,3-4,14,17H2,1-2H3/b26-24+/t25-/m1/s1. The molecule has 1 fully saturated rings. The molecular weight excluding hydrogens is 447 g/mol. The minimum Gasteiger partial charge on any atom is -0.507 e. The molecular formula is C28H27FN2O4. The summed E-state index contributed by atoms with van der Waals surface area (Å²) < 4.78 is 19.4. The number of nitrogens with zero attached hydrogens (tertiary/aromatic N) is 2. The normalized spacial score (nSPS) is 17.1. The van der Waals surface area contributed by atoms with E-state index in [4.69, 9.17) is 4.74 Å². The van der Waals surface area contributed by atoms with Crippen LogP contribution < -0.4 is 4.74 Å². The number of aromatic nitrogens is 1. The number of unbranched alkanes of at least 4 members (excludes halogenated alkanes) is 1. The highest BCUT2D eigenvalue weighted by Gasteiger charge is 2.46. The maximum absolute atomic E-state index is 13.7. The number of aliphatic hydroxyl groups is 1. The van der Waals surface area contributed by atoms with E-state index in [0.29, 0.717) is 29.0 Å². The smallest absolute Gasteiger partial charge is 0.295 e. The topological polar surface area (TPSA) is 79.7 Å². The maximum atomic E-state index is 13.7. The molecule has 0 spiro atoms. The van der Waals surface area contributed by atoms with Gasteiger partial charge in [0.05, 0.1) is 18.2 Å². The van der Waals surface area contributed by atoms with Crippen molar-refractivity contribution in [1.29, 1.82) is 0 Å². The number of Topliss-reactive ketones (excluding diaryl/α,β-unsaturated/α-hetero) is 1. The van der Waals surface area contributed by atoms with Gasteiger partial charge >= 0.3 is 0 Å². The van der Waals surface area contributed by atoms with Crippen LogP contribution >= 0.6 is 0 Å². The molecule has 2 heterocycles.